The van der Waals surface area contributed by atoms with E-state index in [0.717, 1.165) is 24.7 Å². The second-order valence-corrected chi connectivity index (χ2v) is 8.79. The lowest BCUT2D eigenvalue weighted by Gasteiger charge is -2.37. The highest BCUT2D eigenvalue weighted by Gasteiger charge is 2.35. The van der Waals surface area contributed by atoms with E-state index >= 15 is 0 Å². The summed E-state index contributed by atoms with van der Waals surface area (Å²) in [5.74, 6) is 1.88. The molecule has 0 bridgehead atoms. The van der Waals surface area contributed by atoms with Crippen molar-refractivity contribution in [2.24, 2.45) is 11.3 Å². The van der Waals surface area contributed by atoms with Crippen LogP contribution in [-0.2, 0) is 11.8 Å². The second kappa shape index (κ2) is 5.05. The van der Waals surface area contributed by atoms with Crippen molar-refractivity contribution in [1.29, 1.82) is 0 Å². The average molecular weight is 287 g/mol. The van der Waals surface area contributed by atoms with Gasteiger partial charge >= 0.3 is 0 Å². The topological polar surface area (TPSA) is 37.8 Å². The maximum atomic E-state index is 4.92. The van der Waals surface area contributed by atoms with Crippen molar-refractivity contribution >= 4 is 0 Å². The van der Waals surface area contributed by atoms with Gasteiger partial charge in [-0.25, -0.2) is 9.97 Å². The summed E-state index contributed by atoms with van der Waals surface area (Å²) in [5, 5.41) is 3.77. The molecule has 1 fully saturated rings. The van der Waals surface area contributed by atoms with Gasteiger partial charge in [0.15, 0.2) is 0 Å². The Hall–Kier alpha value is -0.960. The predicted molar refractivity (Wildman–Crippen MR) is 86.3 cm³/mol. The highest BCUT2D eigenvalue weighted by atomic mass is 15.0. The Kier molecular flexibility index (Phi) is 3.59. The van der Waals surface area contributed by atoms with Crippen molar-refractivity contribution in [3.8, 4) is 0 Å². The summed E-state index contributed by atoms with van der Waals surface area (Å²) in [4.78, 5) is 9.57. The highest BCUT2D eigenvalue weighted by molar-refractivity contribution is 5.28. The summed E-state index contributed by atoms with van der Waals surface area (Å²) in [6.07, 6.45) is 7.13. The molecule has 1 aromatic rings. The molecular weight excluding hydrogens is 258 g/mol. The van der Waals surface area contributed by atoms with E-state index in [0.29, 0.717) is 11.5 Å². The molecule has 0 saturated heterocycles. The molecule has 0 aliphatic heterocycles. The van der Waals surface area contributed by atoms with Gasteiger partial charge in [0, 0.05) is 28.9 Å². The van der Waals surface area contributed by atoms with Crippen LogP contribution in [-0.4, -0.2) is 16.5 Å². The smallest absolute Gasteiger partial charge is 0.133 e. The van der Waals surface area contributed by atoms with Gasteiger partial charge in [-0.15, -0.1) is 0 Å². The number of nitrogens with zero attached hydrogens (tertiary/aromatic N) is 2. The van der Waals surface area contributed by atoms with E-state index in [-0.39, 0.29) is 5.41 Å². The van der Waals surface area contributed by atoms with Crippen molar-refractivity contribution in [2.75, 3.05) is 6.54 Å². The Morgan fingerprint density at radius 2 is 2.00 bits per heavy atom. The third kappa shape index (κ3) is 3.45. The van der Waals surface area contributed by atoms with Gasteiger partial charge in [0.1, 0.15) is 5.82 Å². The molecule has 3 nitrogen and oxygen atoms in total. The minimum atomic E-state index is 0.0214. The first-order valence-corrected chi connectivity index (χ1v) is 8.34. The molecule has 0 radical (unpaired) electrons. The van der Waals surface area contributed by atoms with Crippen LogP contribution in [0.2, 0.25) is 0 Å². The molecule has 1 aromatic heterocycles. The predicted octanol–water partition coefficient (Wildman–Crippen LogP) is 3.79. The molecule has 1 N–H and O–H groups in total. The zero-order chi connectivity index (χ0) is 15.3. The fraction of sp³-hybridized carbons (Fsp3) is 0.778. The van der Waals surface area contributed by atoms with E-state index in [1.54, 1.807) is 0 Å². The molecule has 0 amide bonds. The SMILES string of the molecule is CC1(C)Cc2nc(C(C)(C)C)ncc2[C@@H](NCC2CC2)C1. The van der Waals surface area contributed by atoms with E-state index < -0.39 is 0 Å². The van der Waals surface area contributed by atoms with E-state index in [4.69, 9.17) is 4.98 Å². The first kappa shape index (κ1) is 15.0. The Morgan fingerprint density at radius 3 is 2.62 bits per heavy atom. The summed E-state index contributed by atoms with van der Waals surface area (Å²) in [7, 11) is 0. The number of hydrogen-bond donors (Lipinski definition) is 1. The molecule has 116 valence electrons. The molecule has 3 heteroatoms. The lowest BCUT2D eigenvalue weighted by molar-refractivity contribution is 0.251. The lowest BCUT2D eigenvalue weighted by atomic mass is 9.74. The molecule has 0 unspecified atom stereocenters. The molecule has 1 atom stereocenters. The number of hydrogen-bond acceptors (Lipinski definition) is 3. The molecule has 3 rings (SSSR count). The largest absolute Gasteiger partial charge is 0.310 e. The summed E-state index contributed by atoms with van der Waals surface area (Å²) in [6.45, 7) is 12.4. The van der Waals surface area contributed by atoms with Crippen LogP contribution < -0.4 is 5.32 Å². The summed E-state index contributed by atoms with van der Waals surface area (Å²) >= 11 is 0. The Balaban J connectivity index is 1.88. The number of fused-ring (bicyclic) bond motifs is 1. The van der Waals surface area contributed by atoms with Crippen molar-refractivity contribution in [3.63, 3.8) is 0 Å². The molecule has 2 aliphatic carbocycles. The summed E-state index contributed by atoms with van der Waals surface area (Å²) in [6, 6.07) is 0.429. The molecule has 21 heavy (non-hydrogen) atoms. The van der Waals surface area contributed by atoms with Gasteiger partial charge < -0.3 is 5.32 Å². The molecular formula is C18H29N3. The summed E-state index contributed by atoms with van der Waals surface area (Å²) < 4.78 is 0. The average Bonchev–Trinajstić information content (AvgIpc) is 3.16. The maximum Gasteiger partial charge on any atom is 0.133 e. The van der Waals surface area contributed by atoms with Gasteiger partial charge in [0.05, 0.1) is 0 Å². The van der Waals surface area contributed by atoms with Crippen molar-refractivity contribution < 1.29 is 0 Å². The third-order valence-corrected chi connectivity index (χ3v) is 4.70. The van der Waals surface area contributed by atoms with E-state index in [1.165, 1.54) is 30.5 Å². The molecule has 0 aromatic carbocycles. The summed E-state index contributed by atoms with van der Waals surface area (Å²) in [5.41, 5.74) is 2.94. The van der Waals surface area contributed by atoms with Crippen LogP contribution in [0, 0.1) is 11.3 Å². The standard InChI is InChI=1S/C18H29N3/c1-17(2,3)16-20-11-13-14(19-10-12-6-7-12)8-18(4,5)9-15(13)21-16/h11-12,14,19H,6-10H2,1-5H3/t14-/m0/s1. The van der Waals surface area contributed by atoms with Gasteiger partial charge in [-0.2, -0.15) is 0 Å². The Bertz CT molecular complexity index is 524. The van der Waals surface area contributed by atoms with Gasteiger partial charge in [-0.1, -0.05) is 34.6 Å². The third-order valence-electron chi connectivity index (χ3n) is 4.70. The van der Waals surface area contributed by atoms with E-state index in [9.17, 15) is 0 Å². The molecule has 1 saturated carbocycles. The fourth-order valence-corrected chi connectivity index (χ4v) is 3.22. The number of rotatable bonds is 3. The van der Waals surface area contributed by atoms with Gasteiger partial charge in [0.2, 0.25) is 0 Å². The number of aromatic nitrogens is 2. The zero-order valence-electron chi connectivity index (χ0n) is 14.2. The zero-order valence-corrected chi connectivity index (χ0v) is 14.2. The van der Waals surface area contributed by atoms with E-state index in [1.807, 2.05) is 0 Å². The highest BCUT2D eigenvalue weighted by Crippen LogP contribution is 2.41. The van der Waals surface area contributed by atoms with Crippen LogP contribution in [0.1, 0.15) is 77.0 Å². The van der Waals surface area contributed by atoms with Gasteiger partial charge in [-0.05, 0) is 43.6 Å². The van der Waals surface area contributed by atoms with Crippen LogP contribution in [0.15, 0.2) is 6.20 Å². The van der Waals surface area contributed by atoms with Gasteiger partial charge in [-0.3, -0.25) is 0 Å². The van der Waals surface area contributed by atoms with Crippen LogP contribution >= 0.6 is 0 Å². The monoisotopic (exact) mass is 287 g/mol. The Labute approximate surface area is 129 Å². The first-order chi connectivity index (χ1) is 9.74. The second-order valence-electron chi connectivity index (χ2n) is 8.79. The number of nitrogens with one attached hydrogen (secondary N) is 1. The molecule has 2 aliphatic rings. The Morgan fingerprint density at radius 1 is 1.29 bits per heavy atom. The van der Waals surface area contributed by atoms with Gasteiger partial charge in [0.25, 0.3) is 0 Å². The van der Waals surface area contributed by atoms with Crippen LogP contribution in [0.5, 0.6) is 0 Å². The van der Waals surface area contributed by atoms with Crippen LogP contribution in [0.4, 0.5) is 0 Å². The fourth-order valence-electron chi connectivity index (χ4n) is 3.22. The van der Waals surface area contributed by atoms with Crippen molar-refractivity contribution in [3.05, 3.63) is 23.3 Å². The van der Waals surface area contributed by atoms with E-state index in [2.05, 4.69) is 51.1 Å². The first-order valence-electron chi connectivity index (χ1n) is 8.34. The quantitative estimate of drug-likeness (QED) is 0.919. The molecule has 0 spiro atoms. The van der Waals surface area contributed by atoms with Crippen molar-refractivity contribution in [1.82, 2.24) is 15.3 Å². The lowest BCUT2D eigenvalue weighted by Crippen LogP contribution is -2.35. The normalized spacial score (nSPS) is 24.7. The molecule has 1 heterocycles. The maximum absolute atomic E-state index is 4.92. The van der Waals surface area contributed by atoms with Crippen LogP contribution in [0.3, 0.4) is 0 Å². The minimum absolute atomic E-state index is 0.0214. The van der Waals surface area contributed by atoms with Crippen molar-refractivity contribution in [2.45, 2.75) is 71.8 Å². The minimum Gasteiger partial charge on any atom is -0.310 e. The van der Waals surface area contributed by atoms with Crippen LogP contribution in [0.25, 0.3) is 0 Å².